The van der Waals surface area contributed by atoms with Crippen LogP contribution < -0.4 is 5.73 Å². The van der Waals surface area contributed by atoms with Gasteiger partial charge in [-0.25, -0.2) is 8.89 Å². The number of fused-ring (bicyclic) bond motifs is 5. The monoisotopic (exact) mass is 786 g/mol. The van der Waals surface area contributed by atoms with Crippen LogP contribution in [0.5, 0.6) is 0 Å². The van der Waals surface area contributed by atoms with Gasteiger partial charge in [0.25, 0.3) is 0 Å². The fourth-order valence-corrected chi connectivity index (χ4v) is 9.98. The Balaban J connectivity index is 0.000000196. The van der Waals surface area contributed by atoms with Crippen molar-refractivity contribution in [2.45, 2.75) is 31.4 Å². The molecule has 3 aliphatic rings. The lowest BCUT2D eigenvalue weighted by atomic mass is 9.83. The van der Waals surface area contributed by atoms with Crippen LogP contribution in [0.25, 0.3) is 5.69 Å². The van der Waals surface area contributed by atoms with Crippen LogP contribution in [0.1, 0.15) is 11.3 Å². The number of allylic oxidation sites excluding steroid dienone is 2. The van der Waals surface area contributed by atoms with Gasteiger partial charge >= 0.3 is 16.9 Å². The Bertz CT molecular complexity index is 1540. The average Bonchev–Trinajstić information content (AvgIpc) is 3.19. The molecule has 2 bridgehead atoms. The van der Waals surface area contributed by atoms with Gasteiger partial charge in [-0.15, -0.1) is 23.2 Å². The first-order valence-electron chi connectivity index (χ1n) is 11.0. The third kappa shape index (κ3) is 5.15. The first-order valence-corrected chi connectivity index (χ1v) is 16.2. The molecule has 0 spiro atoms. The lowest BCUT2D eigenvalue weighted by molar-refractivity contribution is -0.0384. The molecular formula is C21H13Cl8F3N4O4S2. The third-order valence-electron chi connectivity index (χ3n) is 6.69. The number of nitrogens with zero attached hydrogens (tertiary/aromatic N) is 3. The molecule has 21 heteroatoms. The van der Waals surface area contributed by atoms with Crippen LogP contribution in [0.4, 0.5) is 19.0 Å². The summed E-state index contributed by atoms with van der Waals surface area (Å²) in [5.74, 6) is -1.53. The summed E-state index contributed by atoms with van der Waals surface area (Å²) in [6, 6.07) is 4.43. The number of halogens is 11. The summed E-state index contributed by atoms with van der Waals surface area (Å²) in [4.78, 5) is -3.70. The molecule has 2 N–H and O–H groups in total. The van der Waals surface area contributed by atoms with Gasteiger partial charge in [-0.2, -0.15) is 27.7 Å². The number of anilines is 1. The molecule has 230 valence electrons. The van der Waals surface area contributed by atoms with Crippen molar-refractivity contribution in [2.24, 2.45) is 11.8 Å². The Hall–Kier alpha value is -0.210. The van der Waals surface area contributed by atoms with Gasteiger partial charge in [0.05, 0.1) is 33.3 Å². The van der Waals surface area contributed by atoms with Crippen molar-refractivity contribution in [3.05, 3.63) is 43.5 Å². The molecule has 1 saturated heterocycles. The van der Waals surface area contributed by atoms with Crippen molar-refractivity contribution >= 4 is 121 Å². The van der Waals surface area contributed by atoms with Gasteiger partial charge in [0.1, 0.15) is 32.2 Å². The zero-order valence-electron chi connectivity index (χ0n) is 20.2. The highest BCUT2D eigenvalue weighted by Gasteiger charge is 2.82. The minimum Gasteiger partial charge on any atom is -0.383 e. The van der Waals surface area contributed by atoms with Gasteiger partial charge in [-0.05, 0) is 24.6 Å². The average molecular weight is 790 g/mol. The van der Waals surface area contributed by atoms with E-state index >= 15 is 0 Å². The molecule has 1 aliphatic heterocycles. The van der Waals surface area contributed by atoms with Crippen molar-refractivity contribution < 1.29 is 30.0 Å². The lowest BCUT2D eigenvalue weighted by Gasteiger charge is -2.33. The van der Waals surface area contributed by atoms with E-state index in [1.54, 1.807) is 6.92 Å². The maximum Gasteiger partial charge on any atom is 0.476 e. The quantitative estimate of drug-likeness (QED) is 0.318. The molecular weight excluding hydrogens is 777 g/mol. The van der Waals surface area contributed by atoms with Crippen LogP contribution in [-0.2, 0) is 30.5 Å². The number of aromatic nitrogens is 2. The Morgan fingerprint density at radius 1 is 1.07 bits per heavy atom. The first-order chi connectivity index (χ1) is 19.3. The zero-order valence-corrected chi connectivity index (χ0v) is 27.9. The van der Waals surface area contributed by atoms with Gasteiger partial charge < -0.3 is 5.73 Å². The zero-order chi connectivity index (χ0) is 31.7. The van der Waals surface area contributed by atoms with Gasteiger partial charge in [0.2, 0.25) is 0 Å². The molecule has 8 nitrogen and oxygen atoms in total. The van der Waals surface area contributed by atoms with Crippen LogP contribution in [0.3, 0.4) is 0 Å². The molecule has 2 aromatic rings. The second-order valence-corrected chi connectivity index (χ2v) is 15.4. The standard InChI is InChI=1S/C12H7Cl2F3N4OS.C9H6Cl6O3S/c1-5-2-6(13)9(7(14)3-5)21-11(19)10(8(4-18)20-21)23(22)12(15,16)17;10-5-6(11)8(13)4-2-18-19(16)17-1-3(4)7(5,12)9(8,14)15/h2-3H,19H2,1H3;3-4H,1-2H2. The number of benzene rings is 1. The molecule has 5 atom stereocenters. The molecule has 42 heavy (non-hydrogen) atoms. The summed E-state index contributed by atoms with van der Waals surface area (Å²) in [5.41, 5.74) is 0.520. The predicted molar refractivity (Wildman–Crippen MR) is 157 cm³/mol. The normalized spacial score (nSPS) is 30.7. The van der Waals surface area contributed by atoms with E-state index in [4.69, 9.17) is 112 Å². The van der Waals surface area contributed by atoms with Crippen LogP contribution in [0.15, 0.2) is 27.1 Å². The Morgan fingerprint density at radius 3 is 1.93 bits per heavy atom. The number of hydrogen-bond acceptors (Lipinski definition) is 7. The fraction of sp³-hybridized carbons (Fsp3) is 0.429. The number of nitriles is 1. The molecule has 2 heterocycles. The second kappa shape index (κ2) is 11.9. The Labute approximate surface area is 281 Å². The third-order valence-corrected chi connectivity index (χ3v) is 13.5. The van der Waals surface area contributed by atoms with E-state index in [0.717, 1.165) is 4.68 Å². The highest BCUT2D eigenvalue weighted by Crippen LogP contribution is 2.76. The molecule has 5 unspecified atom stereocenters. The largest absolute Gasteiger partial charge is 0.476 e. The first kappa shape index (κ1) is 34.7. The summed E-state index contributed by atoms with van der Waals surface area (Å²) < 4.78 is 70.2. The SMILES string of the molecule is Cc1cc(Cl)c(-n2nc(C#N)c(S(=O)C(F)(F)F)c2N)c(Cl)c1.O=S1OCC2C(CO1)C1(Cl)C(Cl)=C(Cl)C2(Cl)C1(Cl)Cl. The summed E-state index contributed by atoms with van der Waals surface area (Å²) in [5, 5.41) is 12.9. The van der Waals surface area contributed by atoms with Crippen molar-refractivity contribution in [1.82, 2.24) is 9.78 Å². The van der Waals surface area contributed by atoms with E-state index in [1.165, 1.54) is 18.2 Å². The molecule has 0 amide bonds. The molecule has 1 aromatic carbocycles. The Kier molecular flexibility index (Phi) is 9.79. The Morgan fingerprint density at radius 2 is 1.52 bits per heavy atom. The molecule has 0 radical (unpaired) electrons. The summed E-state index contributed by atoms with van der Waals surface area (Å²) in [6.45, 7) is 1.73. The van der Waals surface area contributed by atoms with Crippen LogP contribution >= 0.6 is 92.8 Å². The predicted octanol–water partition coefficient (Wildman–Crippen LogP) is 7.26. The molecule has 1 saturated carbocycles. The maximum absolute atomic E-state index is 12.7. The van der Waals surface area contributed by atoms with Crippen molar-refractivity contribution in [2.75, 3.05) is 18.9 Å². The van der Waals surface area contributed by atoms with E-state index < -0.39 is 70.0 Å². The second-order valence-electron chi connectivity index (χ2n) is 8.99. The number of nitrogens with two attached hydrogens (primary N) is 1. The molecule has 2 fully saturated rings. The van der Waals surface area contributed by atoms with Crippen molar-refractivity contribution in [1.29, 1.82) is 5.26 Å². The fourth-order valence-electron chi connectivity index (χ4n) is 4.81. The van der Waals surface area contributed by atoms with E-state index in [1.807, 2.05) is 0 Å². The summed E-state index contributed by atoms with van der Waals surface area (Å²) in [7, 11) is -3.51. The smallest absolute Gasteiger partial charge is 0.383 e. The van der Waals surface area contributed by atoms with E-state index in [2.05, 4.69) is 5.10 Å². The van der Waals surface area contributed by atoms with Gasteiger partial charge in [-0.1, -0.05) is 69.6 Å². The topological polar surface area (TPSA) is 120 Å². The van der Waals surface area contributed by atoms with Crippen molar-refractivity contribution in [3.63, 3.8) is 0 Å². The minimum absolute atomic E-state index is 0.00152. The van der Waals surface area contributed by atoms with Crippen molar-refractivity contribution in [3.8, 4) is 11.8 Å². The highest BCUT2D eigenvalue weighted by molar-refractivity contribution is 7.86. The highest BCUT2D eigenvalue weighted by atomic mass is 35.5. The number of rotatable bonds is 2. The number of alkyl halides is 7. The lowest BCUT2D eigenvalue weighted by Crippen LogP contribution is -2.45. The maximum atomic E-state index is 12.7. The van der Waals surface area contributed by atoms with Crippen LogP contribution in [0.2, 0.25) is 10.0 Å². The molecule has 1 aromatic heterocycles. The van der Waals surface area contributed by atoms with E-state index in [-0.39, 0.29) is 39.0 Å². The van der Waals surface area contributed by atoms with E-state index in [0.29, 0.717) is 5.56 Å². The minimum atomic E-state index is -5.09. The van der Waals surface area contributed by atoms with Gasteiger partial charge in [-0.3, -0.25) is 8.37 Å². The molecule has 2 aliphatic carbocycles. The summed E-state index contributed by atoms with van der Waals surface area (Å²) >= 11 is 48.4. The number of nitrogen functional groups attached to an aromatic ring is 1. The van der Waals surface area contributed by atoms with Gasteiger partial charge in [0, 0.05) is 11.8 Å². The van der Waals surface area contributed by atoms with E-state index in [9.17, 15) is 21.6 Å². The van der Waals surface area contributed by atoms with Crippen LogP contribution in [0, 0.1) is 30.1 Å². The number of hydrogen-bond donors (Lipinski definition) is 1. The number of aryl methyl sites for hydroxylation is 1. The van der Waals surface area contributed by atoms with Crippen LogP contribution in [-0.4, -0.2) is 51.0 Å². The van der Waals surface area contributed by atoms with Gasteiger partial charge in [0.15, 0.2) is 20.8 Å². The summed E-state index contributed by atoms with van der Waals surface area (Å²) in [6.07, 6.45) is 0. The molecule has 5 rings (SSSR count).